The summed E-state index contributed by atoms with van der Waals surface area (Å²) in [5, 5.41) is 14.8. The van der Waals surface area contributed by atoms with E-state index in [0.29, 0.717) is 16.1 Å². The van der Waals surface area contributed by atoms with Gasteiger partial charge in [0, 0.05) is 22.7 Å². The van der Waals surface area contributed by atoms with E-state index in [1.54, 1.807) is 19.2 Å². The van der Waals surface area contributed by atoms with Crippen LogP contribution < -0.4 is 0 Å². The van der Waals surface area contributed by atoms with Crippen molar-refractivity contribution in [2.75, 3.05) is 6.61 Å². The molecule has 3 aromatic carbocycles. The number of ether oxygens (including phenoxy) is 1. The number of thiophene rings is 1. The van der Waals surface area contributed by atoms with E-state index in [1.165, 1.54) is 11.3 Å². The van der Waals surface area contributed by atoms with E-state index >= 15 is 0 Å². The molecule has 4 rings (SSSR count). The summed E-state index contributed by atoms with van der Waals surface area (Å²) in [6, 6.07) is 19.3. The molecule has 0 atom stereocenters. The average molecular weight is 416 g/mol. The zero-order valence-electron chi connectivity index (χ0n) is 16.8. The normalized spacial score (nSPS) is 11.3. The molecule has 150 valence electrons. The minimum absolute atomic E-state index is 0.144. The fourth-order valence-electron chi connectivity index (χ4n) is 3.33. The van der Waals surface area contributed by atoms with Crippen LogP contribution >= 0.6 is 11.3 Å². The Labute approximate surface area is 179 Å². The molecule has 0 fully saturated rings. The van der Waals surface area contributed by atoms with E-state index in [9.17, 15) is 9.90 Å². The Morgan fingerprint density at radius 1 is 1.10 bits per heavy atom. The molecule has 0 spiro atoms. The zero-order valence-corrected chi connectivity index (χ0v) is 17.6. The molecule has 0 unspecified atom stereocenters. The van der Waals surface area contributed by atoms with E-state index in [1.807, 2.05) is 66.9 Å². The molecule has 0 amide bonds. The number of rotatable bonds is 5. The lowest BCUT2D eigenvalue weighted by Crippen LogP contribution is -2.05. The molecule has 5 heteroatoms. The molecule has 0 aliphatic rings. The molecule has 4 aromatic rings. The highest BCUT2D eigenvalue weighted by Crippen LogP contribution is 2.38. The summed E-state index contributed by atoms with van der Waals surface area (Å²) >= 11 is 1.38. The summed E-state index contributed by atoms with van der Waals surface area (Å²) < 4.78 is 5.30. The first-order valence-electron chi connectivity index (χ1n) is 9.69. The van der Waals surface area contributed by atoms with Gasteiger partial charge >= 0.3 is 5.97 Å². The van der Waals surface area contributed by atoms with Crippen molar-refractivity contribution in [2.45, 2.75) is 13.8 Å². The predicted molar refractivity (Wildman–Crippen MR) is 123 cm³/mol. The van der Waals surface area contributed by atoms with E-state index < -0.39 is 5.97 Å². The van der Waals surface area contributed by atoms with E-state index in [2.05, 4.69) is 4.99 Å². The number of phenols is 1. The molecular weight excluding hydrogens is 394 g/mol. The van der Waals surface area contributed by atoms with Gasteiger partial charge in [0.05, 0.1) is 6.61 Å². The molecule has 0 aliphatic carbocycles. The van der Waals surface area contributed by atoms with Crippen molar-refractivity contribution in [1.82, 2.24) is 0 Å². The summed E-state index contributed by atoms with van der Waals surface area (Å²) in [5.41, 5.74) is 3.95. The largest absolute Gasteiger partial charge is 0.507 e. The molecule has 0 bridgehead atoms. The Balaban J connectivity index is 1.81. The van der Waals surface area contributed by atoms with Gasteiger partial charge in [-0.05, 0) is 36.2 Å². The van der Waals surface area contributed by atoms with Gasteiger partial charge in [0.1, 0.15) is 16.3 Å². The molecule has 1 N–H and O–H groups in total. The number of nitrogens with zero attached hydrogens (tertiary/aromatic N) is 1. The van der Waals surface area contributed by atoms with Gasteiger partial charge in [0.15, 0.2) is 0 Å². The molecule has 1 aromatic heterocycles. The standard InChI is InChI=1S/C25H21NO3S/c1-3-29-25(28)23-21(18-10-8-16(2)9-11-18)15-30-24(23)26-14-20-19-7-5-4-6-17(19)12-13-22(20)27/h4-15,27H,3H2,1-2H3. The van der Waals surface area contributed by atoms with Crippen LogP contribution in [0.1, 0.15) is 28.4 Å². The van der Waals surface area contributed by atoms with Crippen molar-refractivity contribution < 1.29 is 14.6 Å². The second kappa shape index (κ2) is 8.51. The van der Waals surface area contributed by atoms with E-state index in [4.69, 9.17) is 4.74 Å². The van der Waals surface area contributed by atoms with Crippen LogP contribution in [-0.2, 0) is 4.74 Å². The van der Waals surface area contributed by atoms with E-state index in [0.717, 1.165) is 27.5 Å². The number of fused-ring (bicyclic) bond motifs is 1. The molecule has 0 saturated heterocycles. The fraction of sp³-hybridized carbons (Fsp3) is 0.120. The van der Waals surface area contributed by atoms with Crippen LogP contribution in [0.3, 0.4) is 0 Å². The highest BCUT2D eigenvalue weighted by Gasteiger charge is 2.21. The van der Waals surface area contributed by atoms with Gasteiger partial charge in [-0.15, -0.1) is 11.3 Å². The molecule has 0 radical (unpaired) electrons. The van der Waals surface area contributed by atoms with Crippen molar-refractivity contribution >= 4 is 39.3 Å². The topological polar surface area (TPSA) is 58.9 Å². The maximum Gasteiger partial charge on any atom is 0.341 e. The third-order valence-electron chi connectivity index (χ3n) is 4.87. The summed E-state index contributed by atoms with van der Waals surface area (Å²) in [6.07, 6.45) is 1.62. The van der Waals surface area contributed by atoms with Gasteiger partial charge in [-0.1, -0.05) is 60.2 Å². The highest BCUT2D eigenvalue weighted by molar-refractivity contribution is 7.14. The van der Waals surface area contributed by atoms with Gasteiger partial charge < -0.3 is 9.84 Å². The lowest BCUT2D eigenvalue weighted by Gasteiger charge is -2.07. The first kappa shape index (κ1) is 19.9. The third kappa shape index (κ3) is 3.84. The lowest BCUT2D eigenvalue weighted by atomic mass is 10.0. The fourth-order valence-corrected chi connectivity index (χ4v) is 4.24. The van der Waals surface area contributed by atoms with Crippen LogP contribution in [-0.4, -0.2) is 23.9 Å². The summed E-state index contributed by atoms with van der Waals surface area (Å²) in [5.74, 6) is -0.255. The molecule has 0 saturated carbocycles. The van der Waals surface area contributed by atoms with Gasteiger partial charge in [-0.2, -0.15) is 0 Å². The second-order valence-electron chi connectivity index (χ2n) is 6.89. The van der Waals surface area contributed by atoms with Crippen molar-refractivity contribution in [3.05, 3.63) is 82.7 Å². The number of benzene rings is 3. The molecule has 30 heavy (non-hydrogen) atoms. The minimum atomic E-state index is -0.399. The second-order valence-corrected chi connectivity index (χ2v) is 7.75. The van der Waals surface area contributed by atoms with E-state index in [-0.39, 0.29) is 12.4 Å². The van der Waals surface area contributed by atoms with Crippen molar-refractivity contribution in [3.63, 3.8) is 0 Å². The number of hydrogen-bond acceptors (Lipinski definition) is 5. The number of carbonyl (C=O) groups is 1. The van der Waals surface area contributed by atoms with Crippen LogP contribution in [0.25, 0.3) is 21.9 Å². The predicted octanol–water partition coefficient (Wildman–Crippen LogP) is 6.51. The van der Waals surface area contributed by atoms with Gasteiger partial charge in [-0.25, -0.2) is 9.79 Å². The smallest absolute Gasteiger partial charge is 0.341 e. The first-order chi connectivity index (χ1) is 14.6. The van der Waals surface area contributed by atoms with Gasteiger partial charge in [-0.3, -0.25) is 0 Å². The van der Waals surface area contributed by atoms with Crippen LogP contribution in [0, 0.1) is 6.92 Å². The zero-order chi connectivity index (χ0) is 21.1. The Bertz CT molecular complexity index is 1240. The lowest BCUT2D eigenvalue weighted by molar-refractivity contribution is 0.0529. The van der Waals surface area contributed by atoms with Crippen molar-refractivity contribution in [1.29, 1.82) is 0 Å². The first-order valence-corrected chi connectivity index (χ1v) is 10.6. The number of phenolic OH excluding ortho intramolecular Hbond substituents is 1. The Hall–Kier alpha value is -3.44. The number of esters is 1. The average Bonchev–Trinajstić information content (AvgIpc) is 3.18. The SMILES string of the molecule is CCOC(=O)c1c(-c2ccc(C)cc2)csc1N=Cc1c(O)ccc2ccccc12. The molecular formula is C25H21NO3S. The molecule has 4 nitrogen and oxygen atoms in total. The number of aromatic hydroxyl groups is 1. The monoisotopic (exact) mass is 415 g/mol. The van der Waals surface area contributed by atoms with Crippen LogP contribution in [0.15, 0.2) is 71.0 Å². The maximum atomic E-state index is 12.7. The Morgan fingerprint density at radius 3 is 2.63 bits per heavy atom. The molecule has 0 aliphatic heterocycles. The quantitative estimate of drug-likeness (QED) is 0.299. The van der Waals surface area contributed by atoms with Crippen LogP contribution in [0.5, 0.6) is 5.75 Å². The summed E-state index contributed by atoms with van der Waals surface area (Å²) in [6.45, 7) is 4.10. The van der Waals surface area contributed by atoms with Crippen LogP contribution in [0.2, 0.25) is 0 Å². The Kier molecular flexibility index (Phi) is 5.63. The molecule has 1 heterocycles. The minimum Gasteiger partial charge on any atom is -0.507 e. The van der Waals surface area contributed by atoms with Crippen molar-refractivity contribution in [2.24, 2.45) is 4.99 Å². The van der Waals surface area contributed by atoms with Crippen LogP contribution in [0.4, 0.5) is 5.00 Å². The third-order valence-corrected chi connectivity index (χ3v) is 5.76. The van der Waals surface area contributed by atoms with Crippen molar-refractivity contribution in [3.8, 4) is 16.9 Å². The number of aliphatic imine (C=N–C) groups is 1. The van der Waals surface area contributed by atoms with Gasteiger partial charge in [0.2, 0.25) is 0 Å². The van der Waals surface area contributed by atoms with Gasteiger partial charge in [0.25, 0.3) is 0 Å². The maximum absolute atomic E-state index is 12.7. The number of carbonyl (C=O) groups excluding carboxylic acids is 1. The summed E-state index contributed by atoms with van der Waals surface area (Å²) in [7, 11) is 0. The number of hydrogen-bond donors (Lipinski definition) is 1. The summed E-state index contributed by atoms with van der Waals surface area (Å²) in [4.78, 5) is 17.3. The number of aryl methyl sites for hydroxylation is 1. The highest BCUT2D eigenvalue weighted by atomic mass is 32.1. The Morgan fingerprint density at radius 2 is 1.87 bits per heavy atom.